The second-order valence-corrected chi connectivity index (χ2v) is 10.4. The van der Waals surface area contributed by atoms with Gasteiger partial charge in [0.05, 0.1) is 21.7 Å². The highest BCUT2D eigenvalue weighted by atomic mass is 35.5. The zero-order valence-electron chi connectivity index (χ0n) is 20.2. The molecule has 0 bridgehead atoms. The van der Waals surface area contributed by atoms with Crippen molar-refractivity contribution in [2.75, 3.05) is 24.4 Å². The highest BCUT2D eigenvalue weighted by Crippen LogP contribution is 2.47. The Morgan fingerprint density at radius 3 is 2.14 bits per heavy atom. The minimum atomic E-state index is -0.611. The van der Waals surface area contributed by atoms with Gasteiger partial charge in [0.1, 0.15) is 0 Å². The van der Waals surface area contributed by atoms with E-state index >= 15 is 0 Å². The molecule has 0 spiro atoms. The van der Waals surface area contributed by atoms with Crippen molar-refractivity contribution in [2.24, 2.45) is 0 Å². The molecule has 1 heterocycles. The van der Waals surface area contributed by atoms with Crippen LogP contribution in [-0.2, 0) is 17.2 Å². The number of anilines is 1. The summed E-state index contributed by atoms with van der Waals surface area (Å²) < 4.78 is 9.56. The maximum atomic E-state index is 13.3. The fourth-order valence-electron chi connectivity index (χ4n) is 4.18. The van der Waals surface area contributed by atoms with Crippen molar-refractivity contribution < 1.29 is 13.9 Å². The van der Waals surface area contributed by atoms with E-state index in [2.05, 4.69) is 10.3 Å². The molecule has 0 saturated carbocycles. The number of aromatic nitrogens is 1. The Kier molecular flexibility index (Phi) is 8.11. The molecule has 0 amide bonds. The van der Waals surface area contributed by atoms with Crippen LogP contribution in [0.15, 0.2) is 78.9 Å². The SMILES string of the molecule is CS(C)=O.O=C1c2ccccc2-c2nc(NCCc3ccccc3)c([N+](=O)[O-])c(-c3ccc(Cl)cc3)c21. The van der Waals surface area contributed by atoms with Crippen LogP contribution in [0, 0.1) is 10.1 Å². The van der Waals surface area contributed by atoms with Gasteiger partial charge in [0.15, 0.2) is 5.78 Å². The Balaban J connectivity index is 0.000000747. The first-order chi connectivity index (χ1) is 17.8. The molecule has 0 unspecified atom stereocenters. The monoisotopic (exact) mass is 533 g/mol. The number of hydrogen-bond donors (Lipinski definition) is 1. The lowest BCUT2D eigenvalue weighted by molar-refractivity contribution is -0.383. The topological polar surface area (TPSA) is 102 Å². The number of halogens is 1. The van der Waals surface area contributed by atoms with E-state index in [-0.39, 0.29) is 28.4 Å². The van der Waals surface area contributed by atoms with Gasteiger partial charge in [0.2, 0.25) is 5.82 Å². The lowest BCUT2D eigenvalue weighted by atomic mass is 9.96. The van der Waals surface area contributed by atoms with E-state index < -0.39 is 15.7 Å². The molecule has 9 heteroatoms. The molecule has 1 aliphatic carbocycles. The Morgan fingerprint density at radius 2 is 1.51 bits per heavy atom. The van der Waals surface area contributed by atoms with E-state index in [9.17, 15) is 19.1 Å². The molecule has 3 aromatic carbocycles. The first-order valence-corrected chi connectivity index (χ1v) is 13.8. The maximum Gasteiger partial charge on any atom is 0.319 e. The second-order valence-electron chi connectivity index (χ2n) is 8.45. The maximum absolute atomic E-state index is 13.3. The number of nitrogens with zero attached hydrogens (tertiary/aromatic N) is 2. The number of rotatable bonds is 6. The molecule has 188 valence electrons. The van der Waals surface area contributed by atoms with Crippen molar-refractivity contribution in [3.8, 4) is 22.4 Å². The number of hydrogen-bond acceptors (Lipinski definition) is 6. The van der Waals surface area contributed by atoms with Crippen LogP contribution in [0.1, 0.15) is 21.5 Å². The summed E-state index contributed by atoms with van der Waals surface area (Å²) in [5.74, 6) is -0.124. The summed E-state index contributed by atoms with van der Waals surface area (Å²) in [6, 6.07) is 23.7. The standard InChI is InChI=1S/C26H18ClN3O3.C2H6OS/c27-18-12-10-17(11-13-18)21-22-23(19-8-4-5-9-20(19)25(22)31)29-26(24(21)30(32)33)28-15-14-16-6-2-1-3-7-16;1-4(2)3/h1-13H,14-15H2,(H,28,29);1-2H3. The van der Waals surface area contributed by atoms with Crippen molar-refractivity contribution in [1.82, 2.24) is 4.98 Å². The first-order valence-electron chi connectivity index (χ1n) is 11.4. The van der Waals surface area contributed by atoms with Crippen LogP contribution in [0.4, 0.5) is 11.5 Å². The highest BCUT2D eigenvalue weighted by molar-refractivity contribution is 7.83. The smallest absolute Gasteiger partial charge is 0.319 e. The van der Waals surface area contributed by atoms with Gasteiger partial charge in [-0.2, -0.15) is 0 Å². The van der Waals surface area contributed by atoms with Gasteiger partial charge in [-0.1, -0.05) is 78.3 Å². The summed E-state index contributed by atoms with van der Waals surface area (Å²) in [5.41, 5.74) is 3.55. The molecule has 37 heavy (non-hydrogen) atoms. The van der Waals surface area contributed by atoms with Gasteiger partial charge in [-0.3, -0.25) is 19.1 Å². The minimum absolute atomic E-state index is 0.143. The molecule has 5 rings (SSSR count). The van der Waals surface area contributed by atoms with E-state index in [1.54, 1.807) is 48.9 Å². The van der Waals surface area contributed by atoms with Crippen LogP contribution < -0.4 is 5.32 Å². The molecular weight excluding hydrogens is 510 g/mol. The normalized spacial score (nSPS) is 11.4. The van der Waals surface area contributed by atoms with Crippen LogP contribution in [-0.4, -0.2) is 39.0 Å². The summed E-state index contributed by atoms with van der Waals surface area (Å²) >= 11 is 6.05. The lowest BCUT2D eigenvalue weighted by Crippen LogP contribution is -2.12. The number of pyridine rings is 1. The molecule has 0 fully saturated rings. The molecule has 1 aromatic heterocycles. The van der Waals surface area contributed by atoms with Crippen molar-refractivity contribution in [1.29, 1.82) is 0 Å². The lowest BCUT2D eigenvalue weighted by Gasteiger charge is -2.14. The Labute approximate surface area is 222 Å². The minimum Gasteiger partial charge on any atom is -0.364 e. The van der Waals surface area contributed by atoms with Crippen LogP contribution >= 0.6 is 11.6 Å². The second kappa shape index (κ2) is 11.5. The van der Waals surface area contributed by atoms with E-state index in [1.165, 1.54) is 0 Å². The average molecular weight is 534 g/mol. The quantitative estimate of drug-likeness (QED) is 0.207. The van der Waals surface area contributed by atoms with Gasteiger partial charge in [0, 0.05) is 46.0 Å². The molecule has 7 nitrogen and oxygen atoms in total. The highest BCUT2D eigenvalue weighted by Gasteiger charge is 2.37. The summed E-state index contributed by atoms with van der Waals surface area (Å²) in [6.45, 7) is 0.451. The van der Waals surface area contributed by atoms with Crippen LogP contribution in [0.2, 0.25) is 5.02 Å². The molecule has 0 atom stereocenters. The van der Waals surface area contributed by atoms with Crippen molar-refractivity contribution >= 4 is 39.7 Å². The summed E-state index contributed by atoms with van der Waals surface area (Å²) in [5, 5.41) is 15.9. The molecule has 1 aliphatic rings. The van der Waals surface area contributed by atoms with Crippen molar-refractivity contribution in [3.63, 3.8) is 0 Å². The number of carbonyl (C=O) groups is 1. The molecule has 0 saturated heterocycles. The van der Waals surface area contributed by atoms with Gasteiger partial charge in [-0.05, 0) is 29.7 Å². The zero-order valence-corrected chi connectivity index (χ0v) is 21.8. The number of fused-ring (bicyclic) bond motifs is 3. The van der Waals surface area contributed by atoms with Crippen molar-refractivity contribution in [2.45, 2.75) is 6.42 Å². The van der Waals surface area contributed by atoms with Gasteiger partial charge in [-0.15, -0.1) is 0 Å². The molecule has 0 radical (unpaired) electrons. The third-order valence-corrected chi connectivity index (χ3v) is 5.94. The molecule has 1 N–H and O–H groups in total. The van der Waals surface area contributed by atoms with E-state index in [4.69, 9.17) is 11.6 Å². The Bertz CT molecular complexity index is 1490. The molecular formula is C28H24ClN3O4S. The first kappa shape index (κ1) is 26.2. The van der Waals surface area contributed by atoms with Crippen LogP contribution in [0.3, 0.4) is 0 Å². The van der Waals surface area contributed by atoms with Gasteiger partial charge in [0.25, 0.3) is 0 Å². The van der Waals surface area contributed by atoms with Crippen LogP contribution in [0.25, 0.3) is 22.4 Å². The van der Waals surface area contributed by atoms with Gasteiger partial charge in [-0.25, -0.2) is 4.98 Å². The summed E-state index contributed by atoms with van der Waals surface area (Å²) in [6.07, 6.45) is 3.95. The molecule has 4 aromatic rings. The fourth-order valence-corrected chi connectivity index (χ4v) is 4.31. The number of nitro groups is 1. The number of benzene rings is 3. The predicted molar refractivity (Wildman–Crippen MR) is 149 cm³/mol. The van der Waals surface area contributed by atoms with Crippen molar-refractivity contribution in [3.05, 3.63) is 111 Å². The number of nitrogens with one attached hydrogen (secondary N) is 1. The largest absolute Gasteiger partial charge is 0.364 e. The van der Waals surface area contributed by atoms with Crippen LogP contribution in [0.5, 0.6) is 0 Å². The predicted octanol–water partition coefficient (Wildman–Crippen LogP) is 6.17. The summed E-state index contributed by atoms with van der Waals surface area (Å²) in [7, 11) is -0.611. The van der Waals surface area contributed by atoms with E-state index in [1.807, 2.05) is 42.5 Å². The fraction of sp³-hybridized carbons (Fsp3) is 0.143. The average Bonchev–Trinajstić information content (AvgIpc) is 3.16. The molecule has 0 aliphatic heterocycles. The Morgan fingerprint density at radius 1 is 0.919 bits per heavy atom. The third kappa shape index (κ3) is 5.76. The third-order valence-electron chi connectivity index (χ3n) is 5.69. The number of ketones is 1. The van der Waals surface area contributed by atoms with Gasteiger partial charge < -0.3 is 5.32 Å². The zero-order chi connectivity index (χ0) is 26.5. The summed E-state index contributed by atoms with van der Waals surface area (Å²) in [4.78, 5) is 29.7. The Hall–Kier alpha value is -3.88. The number of carbonyl (C=O) groups excluding carboxylic acids is 1. The van der Waals surface area contributed by atoms with E-state index in [0.29, 0.717) is 40.4 Å². The van der Waals surface area contributed by atoms with Gasteiger partial charge >= 0.3 is 5.69 Å². The van der Waals surface area contributed by atoms with E-state index in [0.717, 1.165) is 5.56 Å².